The number of rotatable bonds is 9. The summed E-state index contributed by atoms with van der Waals surface area (Å²) in [5.41, 5.74) is 0.881. The molecule has 1 atom stereocenters. The van der Waals surface area contributed by atoms with Gasteiger partial charge in [-0.1, -0.05) is 37.3 Å². The van der Waals surface area contributed by atoms with Gasteiger partial charge in [-0.05, 0) is 12.5 Å². The molecule has 0 fully saturated rings. The van der Waals surface area contributed by atoms with Crippen molar-refractivity contribution in [3.05, 3.63) is 35.9 Å². The van der Waals surface area contributed by atoms with Gasteiger partial charge in [0.15, 0.2) is 0 Å². The summed E-state index contributed by atoms with van der Waals surface area (Å²) in [6.45, 7) is 4.87. The van der Waals surface area contributed by atoms with Gasteiger partial charge in [-0.15, -0.1) is 0 Å². The van der Waals surface area contributed by atoms with E-state index in [9.17, 15) is 9.59 Å². The maximum Gasteiger partial charge on any atom is 0.410 e. The monoisotopic (exact) mass is 309 g/mol. The van der Waals surface area contributed by atoms with E-state index in [1.54, 1.807) is 6.92 Å². The predicted molar refractivity (Wildman–Crippen MR) is 81.5 cm³/mol. The molecule has 1 amide bonds. The van der Waals surface area contributed by atoms with Crippen molar-refractivity contribution < 1.29 is 24.2 Å². The van der Waals surface area contributed by atoms with Crippen molar-refractivity contribution in [3.63, 3.8) is 0 Å². The minimum atomic E-state index is -0.947. The van der Waals surface area contributed by atoms with E-state index in [4.69, 9.17) is 14.6 Å². The molecule has 0 spiro atoms. The van der Waals surface area contributed by atoms with Gasteiger partial charge in [-0.3, -0.25) is 4.79 Å². The fourth-order valence-corrected chi connectivity index (χ4v) is 1.80. The molecule has 122 valence electrons. The first-order valence-electron chi connectivity index (χ1n) is 7.30. The van der Waals surface area contributed by atoms with E-state index >= 15 is 0 Å². The Bertz CT molecular complexity index is 463. The molecule has 0 radical (unpaired) electrons. The van der Waals surface area contributed by atoms with Crippen LogP contribution in [0.5, 0.6) is 0 Å². The van der Waals surface area contributed by atoms with Gasteiger partial charge in [0.1, 0.15) is 6.61 Å². The molecule has 1 aromatic carbocycles. The molecule has 0 aromatic heterocycles. The molecule has 6 nitrogen and oxygen atoms in total. The van der Waals surface area contributed by atoms with Crippen molar-refractivity contribution in [2.24, 2.45) is 5.92 Å². The minimum Gasteiger partial charge on any atom is -0.481 e. The molecule has 0 aliphatic carbocycles. The summed E-state index contributed by atoms with van der Waals surface area (Å²) < 4.78 is 10.5. The molecule has 6 heteroatoms. The molecule has 1 rings (SSSR count). The summed E-state index contributed by atoms with van der Waals surface area (Å²) in [6, 6.07) is 9.33. The Morgan fingerprint density at radius 1 is 1.27 bits per heavy atom. The van der Waals surface area contributed by atoms with Crippen molar-refractivity contribution >= 4 is 12.1 Å². The number of carbonyl (C=O) groups excluding carboxylic acids is 1. The highest BCUT2D eigenvalue weighted by atomic mass is 16.6. The molecular weight excluding hydrogens is 286 g/mol. The van der Waals surface area contributed by atoms with Crippen molar-refractivity contribution in [1.29, 1.82) is 0 Å². The second kappa shape index (κ2) is 9.78. The first-order chi connectivity index (χ1) is 10.5. The first kappa shape index (κ1) is 18.0. The molecule has 1 unspecified atom stereocenters. The van der Waals surface area contributed by atoms with E-state index in [-0.39, 0.29) is 13.2 Å². The third kappa shape index (κ3) is 6.58. The molecule has 22 heavy (non-hydrogen) atoms. The van der Waals surface area contributed by atoms with Crippen LogP contribution < -0.4 is 0 Å². The maximum absolute atomic E-state index is 12.1. The van der Waals surface area contributed by atoms with Gasteiger partial charge in [0.25, 0.3) is 0 Å². The molecule has 0 aliphatic rings. The summed E-state index contributed by atoms with van der Waals surface area (Å²) in [5, 5.41) is 8.98. The van der Waals surface area contributed by atoms with E-state index in [1.165, 1.54) is 4.90 Å². The SMILES string of the molecule is CCOCCN(CC(C)C(=O)O)C(=O)OCc1ccccc1. The Hall–Kier alpha value is -2.08. The van der Waals surface area contributed by atoms with Gasteiger partial charge in [-0.2, -0.15) is 0 Å². The van der Waals surface area contributed by atoms with Crippen LogP contribution in [0.3, 0.4) is 0 Å². The molecule has 0 saturated carbocycles. The molecular formula is C16H23NO5. The molecule has 0 aliphatic heterocycles. The highest BCUT2D eigenvalue weighted by Crippen LogP contribution is 2.06. The number of hydrogen-bond donors (Lipinski definition) is 1. The summed E-state index contributed by atoms with van der Waals surface area (Å²) >= 11 is 0. The number of ether oxygens (including phenoxy) is 2. The highest BCUT2D eigenvalue weighted by Gasteiger charge is 2.21. The van der Waals surface area contributed by atoms with E-state index in [0.717, 1.165) is 5.56 Å². The van der Waals surface area contributed by atoms with Gasteiger partial charge in [0, 0.05) is 19.7 Å². The van der Waals surface area contributed by atoms with Crippen molar-refractivity contribution in [1.82, 2.24) is 4.90 Å². The highest BCUT2D eigenvalue weighted by molar-refractivity contribution is 5.72. The zero-order chi connectivity index (χ0) is 16.4. The van der Waals surface area contributed by atoms with Crippen LogP contribution >= 0.6 is 0 Å². The lowest BCUT2D eigenvalue weighted by Gasteiger charge is -2.23. The molecule has 0 bridgehead atoms. The summed E-state index contributed by atoms with van der Waals surface area (Å²) in [4.78, 5) is 24.5. The zero-order valence-electron chi connectivity index (χ0n) is 13.0. The number of hydrogen-bond acceptors (Lipinski definition) is 4. The lowest BCUT2D eigenvalue weighted by molar-refractivity contribution is -0.141. The molecule has 1 aromatic rings. The first-order valence-corrected chi connectivity index (χ1v) is 7.30. The van der Waals surface area contributed by atoms with Crippen LogP contribution in [0.1, 0.15) is 19.4 Å². The Morgan fingerprint density at radius 3 is 2.55 bits per heavy atom. The Morgan fingerprint density at radius 2 is 1.95 bits per heavy atom. The van der Waals surface area contributed by atoms with Gasteiger partial charge in [0.05, 0.1) is 12.5 Å². The van der Waals surface area contributed by atoms with Crippen molar-refractivity contribution in [2.75, 3.05) is 26.3 Å². The maximum atomic E-state index is 12.1. The zero-order valence-corrected chi connectivity index (χ0v) is 13.0. The summed E-state index contributed by atoms with van der Waals surface area (Å²) in [7, 11) is 0. The second-order valence-corrected chi connectivity index (χ2v) is 4.92. The molecule has 1 N–H and O–H groups in total. The topological polar surface area (TPSA) is 76.1 Å². The molecule has 0 saturated heterocycles. The largest absolute Gasteiger partial charge is 0.481 e. The molecule has 0 heterocycles. The third-order valence-electron chi connectivity index (χ3n) is 3.09. The normalized spacial score (nSPS) is 11.7. The van der Waals surface area contributed by atoms with Crippen LogP contribution in [0.2, 0.25) is 0 Å². The van der Waals surface area contributed by atoms with Crippen molar-refractivity contribution in [3.8, 4) is 0 Å². The van der Waals surface area contributed by atoms with E-state index in [1.807, 2.05) is 37.3 Å². The average Bonchev–Trinajstić information content (AvgIpc) is 2.52. The van der Waals surface area contributed by atoms with E-state index < -0.39 is 18.0 Å². The van der Waals surface area contributed by atoms with E-state index in [2.05, 4.69) is 0 Å². The van der Waals surface area contributed by atoms with Gasteiger partial charge in [-0.25, -0.2) is 4.79 Å². The van der Waals surface area contributed by atoms with Crippen LogP contribution in [0.4, 0.5) is 4.79 Å². The number of carboxylic acids is 1. The number of benzene rings is 1. The lowest BCUT2D eigenvalue weighted by Crippen LogP contribution is -2.39. The van der Waals surface area contributed by atoms with Gasteiger partial charge >= 0.3 is 12.1 Å². The number of amides is 1. The van der Waals surface area contributed by atoms with Crippen LogP contribution in [0.15, 0.2) is 30.3 Å². The summed E-state index contributed by atoms with van der Waals surface area (Å²) in [5.74, 6) is -1.61. The smallest absolute Gasteiger partial charge is 0.410 e. The number of carboxylic acid groups (broad SMARTS) is 1. The van der Waals surface area contributed by atoms with Crippen LogP contribution in [-0.4, -0.2) is 48.4 Å². The summed E-state index contributed by atoms with van der Waals surface area (Å²) in [6.07, 6.45) is -0.531. The standard InChI is InChI=1S/C16H23NO5/c1-3-21-10-9-17(11-13(2)15(18)19)16(20)22-12-14-7-5-4-6-8-14/h4-8,13H,3,9-12H2,1-2H3,(H,18,19). The fourth-order valence-electron chi connectivity index (χ4n) is 1.80. The average molecular weight is 309 g/mol. The predicted octanol–water partition coefficient (Wildman–Crippen LogP) is 2.38. The van der Waals surface area contributed by atoms with Gasteiger partial charge in [0.2, 0.25) is 0 Å². The van der Waals surface area contributed by atoms with Crippen LogP contribution in [0, 0.1) is 5.92 Å². The fraction of sp³-hybridized carbons (Fsp3) is 0.500. The van der Waals surface area contributed by atoms with Gasteiger partial charge < -0.3 is 19.5 Å². The lowest BCUT2D eigenvalue weighted by atomic mass is 10.2. The number of nitrogens with zero attached hydrogens (tertiary/aromatic N) is 1. The Labute approximate surface area is 130 Å². The Kier molecular flexibility index (Phi) is 7.99. The quantitative estimate of drug-likeness (QED) is 0.709. The minimum absolute atomic E-state index is 0.0933. The van der Waals surface area contributed by atoms with Crippen LogP contribution in [-0.2, 0) is 20.9 Å². The van der Waals surface area contributed by atoms with Crippen molar-refractivity contribution in [2.45, 2.75) is 20.5 Å². The van der Waals surface area contributed by atoms with E-state index in [0.29, 0.717) is 19.8 Å². The van der Waals surface area contributed by atoms with Crippen LogP contribution in [0.25, 0.3) is 0 Å². The number of aliphatic carboxylic acids is 1. The Balaban J connectivity index is 2.55. The second-order valence-electron chi connectivity index (χ2n) is 4.92. The number of carbonyl (C=O) groups is 2. The third-order valence-corrected chi connectivity index (χ3v) is 3.09.